The molecule has 0 saturated heterocycles. The van der Waals surface area contributed by atoms with Crippen LogP contribution in [0.2, 0.25) is 5.02 Å². The van der Waals surface area contributed by atoms with Gasteiger partial charge in [0, 0.05) is 23.2 Å². The molecule has 0 aliphatic carbocycles. The second-order valence-corrected chi connectivity index (χ2v) is 5.60. The summed E-state index contributed by atoms with van der Waals surface area (Å²) in [6.07, 6.45) is 1.76. The average Bonchev–Trinajstić information content (AvgIpc) is 2.54. The van der Waals surface area contributed by atoms with Crippen molar-refractivity contribution in [3.8, 4) is 5.75 Å². The minimum atomic E-state index is 0.532. The van der Waals surface area contributed by atoms with Crippen LogP contribution in [0, 0.1) is 0 Å². The van der Waals surface area contributed by atoms with Crippen molar-refractivity contribution in [3.63, 3.8) is 0 Å². The second-order valence-electron chi connectivity index (χ2n) is 5.22. The van der Waals surface area contributed by atoms with E-state index in [-0.39, 0.29) is 0 Å². The SMILES string of the molecule is C=C(C)c1cnc2cc(OCc3ccccc3)ccc2c1Cl. The van der Waals surface area contributed by atoms with Crippen LogP contribution < -0.4 is 4.74 Å². The van der Waals surface area contributed by atoms with Crippen molar-refractivity contribution in [2.75, 3.05) is 0 Å². The van der Waals surface area contributed by atoms with Crippen LogP contribution in [0.1, 0.15) is 18.1 Å². The molecule has 0 N–H and O–H groups in total. The minimum Gasteiger partial charge on any atom is -0.489 e. The molecule has 0 aliphatic rings. The van der Waals surface area contributed by atoms with Gasteiger partial charge >= 0.3 is 0 Å². The molecule has 2 nitrogen and oxygen atoms in total. The van der Waals surface area contributed by atoms with E-state index in [4.69, 9.17) is 16.3 Å². The highest BCUT2D eigenvalue weighted by Crippen LogP contribution is 2.31. The smallest absolute Gasteiger partial charge is 0.122 e. The molecule has 110 valence electrons. The van der Waals surface area contributed by atoms with Crippen molar-refractivity contribution in [2.24, 2.45) is 0 Å². The summed E-state index contributed by atoms with van der Waals surface area (Å²) in [7, 11) is 0. The Morgan fingerprint density at radius 2 is 1.95 bits per heavy atom. The summed E-state index contributed by atoms with van der Waals surface area (Å²) in [5.74, 6) is 0.781. The predicted molar refractivity (Wildman–Crippen MR) is 92.2 cm³/mol. The molecular weight excluding hydrogens is 294 g/mol. The molecule has 3 rings (SSSR count). The first-order valence-corrected chi connectivity index (χ1v) is 7.44. The van der Waals surface area contributed by atoms with Gasteiger partial charge in [-0.25, -0.2) is 0 Å². The van der Waals surface area contributed by atoms with Crippen molar-refractivity contribution in [2.45, 2.75) is 13.5 Å². The van der Waals surface area contributed by atoms with Gasteiger partial charge in [-0.15, -0.1) is 0 Å². The van der Waals surface area contributed by atoms with Gasteiger partial charge in [0.05, 0.1) is 10.5 Å². The molecule has 1 aromatic heterocycles. The van der Waals surface area contributed by atoms with Gasteiger partial charge in [-0.3, -0.25) is 4.98 Å². The first-order chi connectivity index (χ1) is 10.6. The monoisotopic (exact) mass is 309 g/mol. The molecule has 0 unspecified atom stereocenters. The third-order valence-electron chi connectivity index (χ3n) is 3.48. The van der Waals surface area contributed by atoms with Crippen molar-refractivity contribution < 1.29 is 4.74 Å². The average molecular weight is 310 g/mol. The largest absolute Gasteiger partial charge is 0.489 e. The summed E-state index contributed by atoms with van der Waals surface area (Å²) in [5.41, 5.74) is 3.74. The van der Waals surface area contributed by atoms with E-state index in [2.05, 4.69) is 11.6 Å². The highest BCUT2D eigenvalue weighted by molar-refractivity contribution is 6.37. The number of ether oxygens (including phenoxy) is 1. The van der Waals surface area contributed by atoms with E-state index >= 15 is 0 Å². The number of hydrogen-bond acceptors (Lipinski definition) is 2. The van der Waals surface area contributed by atoms with Crippen LogP contribution in [0.15, 0.2) is 61.3 Å². The fourth-order valence-corrected chi connectivity index (χ4v) is 2.64. The predicted octanol–water partition coefficient (Wildman–Crippen LogP) is 5.50. The molecule has 3 aromatic rings. The van der Waals surface area contributed by atoms with E-state index < -0.39 is 0 Å². The fourth-order valence-electron chi connectivity index (χ4n) is 2.27. The van der Waals surface area contributed by atoms with Crippen LogP contribution in [0.5, 0.6) is 5.75 Å². The van der Waals surface area contributed by atoms with Gasteiger partial charge in [0.15, 0.2) is 0 Å². The topological polar surface area (TPSA) is 22.1 Å². The first-order valence-electron chi connectivity index (χ1n) is 7.06. The lowest BCUT2D eigenvalue weighted by Gasteiger charge is -2.10. The van der Waals surface area contributed by atoms with Crippen LogP contribution in [-0.2, 0) is 6.61 Å². The molecule has 0 radical (unpaired) electrons. The van der Waals surface area contributed by atoms with Gasteiger partial charge < -0.3 is 4.74 Å². The molecule has 0 atom stereocenters. The van der Waals surface area contributed by atoms with Crippen molar-refractivity contribution in [3.05, 3.63) is 77.5 Å². The molecule has 0 saturated carbocycles. The van der Waals surface area contributed by atoms with E-state index in [0.717, 1.165) is 33.4 Å². The van der Waals surface area contributed by atoms with Gasteiger partial charge in [-0.05, 0) is 30.2 Å². The Kier molecular flexibility index (Phi) is 4.12. The summed E-state index contributed by atoms with van der Waals surface area (Å²) in [6.45, 7) is 6.38. The molecule has 3 heteroatoms. The molecule has 1 heterocycles. The van der Waals surface area contributed by atoms with Crippen LogP contribution in [0.25, 0.3) is 16.5 Å². The van der Waals surface area contributed by atoms with Crippen LogP contribution >= 0.6 is 11.6 Å². The Morgan fingerprint density at radius 1 is 1.18 bits per heavy atom. The van der Waals surface area contributed by atoms with Crippen molar-refractivity contribution in [1.82, 2.24) is 4.98 Å². The second kappa shape index (κ2) is 6.20. The number of benzene rings is 2. The van der Waals surface area contributed by atoms with Gasteiger partial charge in [0.2, 0.25) is 0 Å². The summed E-state index contributed by atoms with van der Waals surface area (Å²) < 4.78 is 5.82. The lowest BCUT2D eigenvalue weighted by molar-refractivity contribution is 0.306. The maximum Gasteiger partial charge on any atom is 0.122 e. The van der Waals surface area contributed by atoms with Gasteiger partial charge in [0.1, 0.15) is 12.4 Å². The zero-order valence-electron chi connectivity index (χ0n) is 12.3. The van der Waals surface area contributed by atoms with E-state index in [1.165, 1.54) is 0 Å². The summed E-state index contributed by atoms with van der Waals surface area (Å²) >= 11 is 6.42. The zero-order valence-corrected chi connectivity index (χ0v) is 13.1. The maximum atomic E-state index is 6.42. The third kappa shape index (κ3) is 2.97. The zero-order chi connectivity index (χ0) is 15.5. The van der Waals surface area contributed by atoms with E-state index in [9.17, 15) is 0 Å². The Bertz CT molecular complexity index is 827. The number of pyridine rings is 1. The number of rotatable bonds is 4. The Hall–Kier alpha value is -2.32. The van der Waals surface area contributed by atoms with Gasteiger partial charge in [-0.1, -0.05) is 48.5 Å². The Labute approximate surface area is 135 Å². The summed E-state index contributed by atoms with van der Waals surface area (Å²) in [5, 5.41) is 1.60. The molecule has 2 aromatic carbocycles. The van der Waals surface area contributed by atoms with Gasteiger partial charge in [-0.2, -0.15) is 0 Å². The maximum absolute atomic E-state index is 6.42. The minimum absolute atomic E-state index is 0.532. The first kappa shape index (κ1) is 14.6. The standard InChI is InChI=1S/C19H16ClNO/c1-13(2)17-11-21-18-10-15(8-9-16(18)19(17)20)22-12-14-6-4-3-5-7-14/h3-11H,1,12H2,2H3. The normalized spacial score (nSPS) is 10.6. The van der Waals surface area contributed by atoms with Gasteiger partial charge in [0.25, 0.3) is 0 Å². The van der Waals surface area contributed by atoms with Crippen molar-refractivity contribution in [1.29, 1.82) is 0 Å². The lowest BCUT2D eigenvalue weighted by atomic mass is 10.1. The van der Waals surface area contributed by atoms with Crippen LogP contribution in [0.4, 0.5) is 0 Å². The van der Waals surface area contributed by atoms with Crippen LogP contribution in [-0.4, -0.2) is 4.98 Å². The third-order valence-corrected chi connectivity index (χ3v) is 3.89. The van der Waals surface area contributed by atoms with Crippen LogP contribution in [0.3, 0.4) is 0 Å². The quantitative estimate of drug-likeness (QED) is 0.635. The Morgan fingerprint density at radius 3 is 2.68 bits per heavy atom. The number of aromatic nitrogens is 1. The highest BCUT2D eigenvalue weighted by Gasteiger charge is 2.08. The molecular formula is C19H16ClNO. The number of allylic oxidation sites excluding steroid dienone is 1. The highest BCUT2D eigenvalue weighted by atomic mass is 35.5. The van der Waals surface area contributed by atoms with E-state index in [1.807, 2.05) is 55.5 Å². The lowest BCUT2D eigenvalue weighted by Crippen LogP contribution is -1.95. The molecule has 0 fully saturated rings. The van der Waals surface area contributed by atoms with E-state index in [0.29, 0.717) is 11.6 Å². The molecule has 0 aliphatic heterocycles. The number of fused-ring (bicyclic) bond motifs is 1. The van der Waals surface area contributed by atoms with E-state index in [1.54, 1.807) is 6.20 Å². The van der Waals surface area contributed by atoms with Crippen molar-refractivity contribution >= 4 is 28.1 Å². The molecule has 0 amide bonds. The summed E-state index contributed by atoms with van der Waals surface area (Å²) in [4.78, 5) is 4.45. The summed E-state index contributed by atoms with van der Waals surface area (Å²) in [6, 6.07) is 15.8. The Balaban J connectivity index is 1.87. The fraction of sp³-hybridized carbons (Fsp3) is 0.105. The molecule has 0 bridgehead atoms. The number of hydrogen-bond donors (Lipinski definition) is 0. The number of nitrogens with zero attached hydrogens (tertiary/aromatic N) is 1. The molecule has 0 spiro atoms. The molecule has 22 heavy (non-hydrogen) atoms. The number of halogens is 1.